The van der Waals surface area contributed by atoms with E-state index in [-0.39, 0.29) is 5.91 Å². The minimum Gasteiger partial charge on any atom is -0.493 e. The number of ether oxygens (including phenoxy) is 2. The van der Waals surface area contributed by atoms with Crippen LogP contribution in [0.1, 0.15) is 21.9 Å². The third-order valence-electron chi connectivity index (χ3n) is 3.40. The Labute approximate surface area is 147 Å². The predicted octanol–water partition coefficient (Wildman–Crippen LogP) is 2.33. The van der Waals surface area contributed by atoms with Gasteiger partial charge in [-0.1, -0.05) is 12.1 Å². The van der Waals surface area contributed by atoms with Crippen LogP contribution in [0, 0.1) is 6.92 Å². The molecule has 1 heterocycles. The number of hydrogen-bond acceptors (Lipinski definition) is 6. The lowest BCUT2D eigenvalue weighted by Gasteiger charge is -2.11. The zero-order valence-electron chi connectivity index (χ0n) is 14.6. The molecule has 0 fully saturated rings. The fraction of sp³-hybridized carbons (Fsp3) is 0.278. The highest BCUT2D eigenvalue weighted by Gasteiger charge is 2.11. The van der Waals surface area contributed by atoms with E-state index in [1.165, 1.54) is 0 Å². The summed E-state index contributed by atoms with van der Waals surface area (Å²) in [6.45, 7) is 6.28. The van der Waals surface area contributed by atoms with Crippen LogP contribution < -0.4 is 20.1 Å². The number of carbonyl (C=O) groups is 1. The zero-order chi connectivity index (χ0) is 18.2. The predicted molar refractivity (Wildman–Crippen MR) is 96.2 cm³/mol. The molecular weight excluding hydrogens is 320 g/mol. The summed E-state index contributed by atoms with van der Waals surface area (Å²) in [6.07, 6.45) is 1.72. The number of anilines is 1. The van der Waals surface area contributed by atoms with Crippen LogP contribution in [0.25, 0.3) is 0 Å². The van der Waals surface area contributed by atoms with Gasteiger partial charge in [0, 0.05) is 19.2 Å². The van der Waals surface area contributed by atoms with Crippen molar-refractivity contribution in [3.63, 3.8) is 0 Å². The topological polar surface area (TPSA) is 85.4 Å². The van der Waals surface area contributed by atoms with Gasteiger partial charge in [-0.25, -0.2) is 9.97 Å². The monoisotopic (exact) mass is 342 g/mol. The normalized spacial score (nSPS) is 10.0. The van der Waals surface area contributed by atoms with Crippen LogP contribution in [0.2, 0.25) is 0 Å². The number of benzene rings is 1. The van der Waals surface area contributed by atoms with Crippen LogP contribution in [0.15, 0.2) is 36.9 Å². The lowest BCUT2D eigenvalue weighted by Crippen LogP contribution is -2.24. The Morgan fingerprint density at radius 2 is 1.96 bits per heavy atom. The fourth-order valence-electron chi connectivity index (χ4n) is 2.21. The molecule has 0 saturated carbocycles. The van der Waals surface area contributed by atoms with E-state index in [4.69, 9.17) is 9.47 Å². The van der Waals surface area contributed by atoms with E-state index in [2.05, 4.69) is 27.2 Å². The smallest absolute Gasteiger partial charge is 0.270 e. The van der Waals surface area contributed by atoms with Gasteiger partial charge in [0.15, 0.2) is 11.5 Å². The quantitative estimate of drug-likeness (QED) is 0.716. The standard InChI is InChI=1S/C18H22N4O3/c1-5-8-19-17-10-14(21-12(2)22-17)18(23)20-11-13-6-7-15(24-3)16(9-13)25-4/h5-7,9-10H,1,8,11H2,2-4H3,(H,20,23)(H,19,21,22). The van der Waals surface area contributed by atoms with Crippen molar-refractivity contribution >= 4 is 11.7 Å². The van der Waals surface area contributed by atoms with Crippen LogP contribution in [0.4, 0.5) is 5.82 Å². The molecule has 0 bridgehead atoms. The number of carbonyl (C=O) groups excluding carboxylic acids is 1. The molecule has 2 aromatic rings. The van der Waals surface area contributed by atoms with Gasteiger partial charge in [0.1, 0.15) is 17.3 Å². The van der Waals surface area contributed by atoms with Crippen LogP contribution in [0.5, 0.6) is 11.5 Å². The molecular formula is C18H22N4O3. The molecule has 7 nitrogen and oxygen atoms in total. The van der Waals surface area contributed by atoms with Gasteiger partial charge in [-0.2, -0.15) is 0 Å². The molecule has 7 heteroatoms. The summed E-state index contributed by atoms with van der Waals surface area (Å²) in [5.41, 5.74) is 1.20. The van der Waals surface area contributed by atoms with Crippen molar-refractivity contribution in [3.05, 3.63) is 54.0 Å². The highest BCUT2D eigenvalue weighted by atomic mass is 16.5. The average Bonchev–Trinajstić information content (AvgIpc) is 2.63. The number of nitrogens with one attached hydrogen (secondary N) is 2. The van der Waals surface area contributed by atoms with Gasteiger partial charge in [-0.15, -0.1) is 6.58 Å². The third-order valence-corrected chi connectivity index (χ3v) is 3.40. The maximum atomic E-state index is 12.4. The minimum absolute atomic E-state index is 0.276. The van der Waals surface area contributed by atoms with Crippen LogP contribution in [-0.2, 0) is 6.54 Å². The van der Waals surface area contributed by atoms with Crippen molar-refractivity contribution in [2.75, 3.05) is 26.1 Å². The maximum Gasteiger partial charge on any atom is 0.270 e. The van der Waals surface area contributed by atoms with Crippen LogP contribution in [0.3, 0.4) is 0 Å². The average molecular weight is 342 g/mol. The molecule has 0 atom stereocenters. The lowest BCUT2D eigenvalue weighted by atomic mass is 10.2. The molecule has 2 N–H and O–H groups in total. The largest absolute Gasteiger partial charge is 0.493 e. The first-order chi connectivity index (χ1) is 12.1. The van der Waals surface area contributed by atoms with Crippen molar-refractivity contribution < 1.29 is 14.3 Å². The molecule has 0 aliphatic rings. The van der Waals surface area contributed by atoms with Gasteiger partial charge in [-0.05, 0) is 24.6 Å². The van der Waals surface area contributed by atoms with Gasteiger partial charge < -0.3 is 20.1 Å². The first kappa shape index (κ1) is 18.3. The minimum atomic E-state index is -0.276. The van der Waals surface area contributed by atoms with Gasteiger partial charge in [-0.3, -0.25) is 4.79 Å². The number of hydrogen-bond donors (Lipinski definition) is 2. The Bertz CT molecular complexity index is 762. The van der Waals surface area contributed by atoms with Crippen molar-refractivity contribution in [1.29, 1.82) is 0 Å². The van der Waals surface area contributed by atoms with Crippen LogP contribution in [-0.4, -0.2) is 36.6 Å². The van der Waals surface area contributed by atoms with Crippen molar-refractivity contribution in [3.8, 4) is 11.5 Å². The van der Waals surface area contributed by atoms with Crippen molar-refractivity contribution in [1.82, 2.24) is 15.3 Å². The van der Waals surface area contributed by atoms with E-state index in [9.17, 15) is 4.79 Å². The Balaban J connectivity index is 2.07. The molecule has 0 aliphatic heterocycles. The number of aromatic nitrogens is 2. The molecule has 1 aromatic heterocycles. The summed E-state index contributed by atoms with van der Waals surface area (Å²) in [6, 6.07) is 7.10. The molecule has 0 saturated heterocycles. The summed E-state index contributed by atoms with van der Waals surface area (Å²) in [5.74, 6) is 2.08. The number of rotatable bonds is 8. The molecule has 0 spiro atoms. The number of methoxy groups -OCH3 is 2. The second kappa shape index (κ2) is 8.68. The Morgan fingerprint density at radius 3 is 2.64 bits per heavy atom. The molecule has 0 radical (unpaired) electrons. The third kappa shape index (κ3) is 4.94. The van der Waals surface area contributed by atoms with Gasteiger partial charge >= 0.3 is 0 Å². The summed E-state index contributed by atoms with van der Waals surface area (Å²) in [4.78, 5) is 20.8. The lowest BCUT2D eigenvalue weighted by molar-refractivity contribution is 0.0945. The molecule has 0 aliphatic carbocycles. The summed E-state index contributed by atoms with van der Waals surface area (Å²) < 4.78 is 10.5. The van der Waals surface area contributed by atoms with E-state index >= 15 is 0 Å². The van der Waals surface area contributed by atoms with Crippen molar-refractivity contribution in [2.45, 2.75) is 13.5 Å². The summed E-state index contributed by atoms with van der Waals surface area (Å²) in [7, 11) is 3.15. The summed E-state index contributed by atoms with van der Waals surface area (Å²) in [5, 5.41) is 5.89. The van der Waals surface area contributed by atoms with E-state index in [0.717, 1.165) is 5.56 Å². The molecule has 1 aromatic carbocycles. The fourth-order valence-corrected chi connectivity index (χ4v) is 2.21. The van der Waals surface area contributed by atoms with Gasteiger partial charge in [0.25, 0.3) is 5.91 Å². The maximum absolute atomic E-state index is 12.4. The highest BCUT2D eigenvalue weighted by Crippen LogP contribution is 2.27. The number of amides is 1. The Morgan fingerprint density at radius 1 is 1.20 bits per heavy atom. The molecule has 25 heavy (non-hydrogen) atoms. The van der Waals surface area contributed by atoms with E-state index in [1.807, 2.05) is 12.1 Å². The van der Waals surface area contributed by atoms with Gasteiger partial charge in [0.2, 0.25) is 0 Å². The number of nitrogens with zero attached hydrogens (tertiary/aromatic N) is 2. The van der Waals surface area contributed by atoms with Crippen molar-refractivity contribution in [2.24, 2.45) is 0 Å². The van der Waals surface area contributed by atoms with E-state index < -0.39 is 0 Å². The van der Waals surface area contributed by atoms with E-state index in [0.29, 0.717) is 41.9 Å². The summed E-state index contributed by atoms with van der Waals surface area (Å²) >= 11 is 0. The van der Waals surface area contributed by atoms with E-state index in [1.54, 1.807) is 39.4 Å². The molecule has 1 amide bonds. The zero-order valence-corrected chi connectivity index (χ0v) is 14.6. The van der Waals surface area contributed by atoms with Crippen LogP contribution >= 0.6 is 0 Å². The second-order valence-corrected chi connectivity index (χ2v) is 5.23. The van der Waals surface area contributed by atoms with Gasteiger partial charge in [0.05, 0.1) is 14.2 Å². The number of aryl methyl sites for hydroxylation is 1. The SMILES string of the molecule is C=CCNc1cc(C(=O)NCc2ccc(OC)c(OC)c2)nc(C)n1. The second-order valence-electron chi connectivity index (χ2n) is 5.23. The Kier molecular flexibility index (Phi) is 6.33. The first-order valence-corrected chi connectivity index (χ1v) is 7.77. The molecule has 0 unspecified atom stereocenters. The first-order valence-electron chi connectivity index (χ1n) is 7.77. The highest BCUT2D eigenvalue weighted by molar-refractivity contribution is 5.92. The molecule has 132 valence electrons. The molecule has 2 rings (SSSR count). The Hall–Kier alpha value is -3.09.